The molecular weight excluding hydrogens is 230 g/mol. The first-order chi connectivity index (χ1) is 5.08. The number of rotatable bonds is 1. The maximum atomic E-state index is 11.1. The Kier molecular flexibility index (Phi) is 2.61. The summed E-state index contributed by atoms with van der Waals surface area (Å²) in [4.78, 5) is 10.2. The molecule has 11 heavy (non-hydrogen) atoms. The molecule has 0 spiro atoms. The van der Waals surface area contributed by atoms with E-state index in [0.29, 0.717) is 6.42 Å². The van der Waals surface area contributed by atoms with E-state index in [1.54, 1.807) is 0 Å². The molecule has 3 nitrogen and oxygen atoms in total. The molecule has 1 unspecified atom stereocenters. The molecular formula is C6H8BrNO2S. The van der Waals surface area contributed by atoms with Crippen LogP contribution in [0.25, 0.3) is 0 Å². The zero-order valence-corrected chi connectivity index (χ0v) is 8.37. The summed E-state index contributed by atoms with van der Waals surface area (Å²) >= 11 is 4.54. The van der Waals surface area contributed by atoms with E-state index in [9.17, 15) is 4.79 Å². The van der Waals surface area contributed by atoms with E-state index in [1.807, 2.05) is 5.41 Å². The van der Waals surface area contributed by atoms with Crippen LogP contribution < -0.4 is 5.73 Å². The van der Waals surface area contributed by atoms with Crippen LogP contribution in [0.15, 0.2) is 9.89 Å². The molecule has 0 aliphatic carbocycles. The Labute approximate surface area is 77.5 Å². The second-order valence-electron chi connectivity index (χ2n) is 2.24. The van der Waals surface area contributed by atoms with E-state index in [2.05, 4.69) is 20.7 Å². The third-order valence-electron chi connectivity index (χ3n) is 1.36. The number of hydrogen-bond donors (Lipinski definition) is 1. The summed E-state index contributed by atoms with van der Waals surface area (Å²) in [5.41, 5.74) is 5.71. The van der Waals surface area contributed by atoms with Crippen molar-refractivity contribution in [2.24, 2.45) is 5.73 Å². The highest BCUT2D eigenvalue weighted by Crippen LogP contribution is 2.39. The van der Waals surface area contributed by atoms with E-state index in [0.717, 1.165) is 4.48 Å². The van der Waals surface area contributed by atoms with E-state index in [-0.39, 0.29) is 5.97 Å². The minimum absolute atomic E-state index is 0.381. The topological polar surface area (TPSA) is 52.3 Å². The monoisotopic (exact) mass is 237 g/mol. The van der Waals surface area contributed by atoms with Crippen LogP contribution >= 0.6 is 27.7 Å². The van der Waals surface area contributed by atoms with Crippen LogP contribution in [0.4, 0.5) is 0 Å². The van der Waals surface area contributed by atoms with Gasteiger partial charge in [0.25, 0.3) is 0 Å². The number of hydrogen-bond acceptors (Lipinski definition) is 4. The standard InChI is InChI=1S/C6H8BrNO2S/c1-10-5(9)6(8)2-4(7)3-11-6/h3H,2,8H2,1H3. The molecule has 0 bridgehead atoms. The number of carbonyl (C=O) groups excluding carboxylic acids is 1. The van der Waals surface area contributed by atoms with Crippen molar-refractivity contribution in [3.05, 3.63) is 9.89 Å². The summed E-state index contributed by atoms with van der Waals surface area (Å²) < 4.78 is 5.49. The molecule has 1 aliphatic rings. The quantitative estimate of drug-likeness (QED) is 0.697. The SMILES string of the molecule is COC(=O)C1(N)CC(Br)=CS1. The molecule has 1 rings (SSSR count). The van der Waals surface area contributed by atoms with Gasteiger partial charge in [0.2, 0.25) is 0 Å². The summed E-state index contributed by atoms with van der Waals surface area (Å²) in [5.74, 6) is -0.381. The predicted octanol–water partition coefficient (Wildman–Crippen LogP) is 1.19. The van der Waals surface area contributed by atoms with Crippen LogP contribution in [-0.2, 0) is 9.53 Å². The zero-order valence-electron chi connectivity index (χ0n) is 5.96. The Balaban J connectivity index is 2.66. The fourth-order valence-electron chi connectivity index (χ4n) is 0.796. The van der Waals surface area contributed by atoms with Crippen molar-refractivity contribution in [3.63, 3.8) is 0 Å². The second-order valence-corrected chi connectivity index (χ2v) is 4.46. The molecule has 5 heteroatoms. The molecule has 0 fully saturated rings. The number of ether oxygens (including phenoxy) is 1. The average Bonchev–Trinajstić information content (AvgIpc) is 2.31. The molecule has 1 aliphatic heterocycles. The van der Waals surface area contributed by atoms with Gasteiger partial charge in [-0.15, -0.1) is 0 Å². The fraction of sp³-hybridized carbons (Fsp3) is 0.500. The van der Waals surface area contributed by atoms with E-state index < -0.39 is 4.87 Å². The smallest absolute Gasteiger partial charge is 0.337 e. The second kappa shape index (κ2) is 3.16. The van der Waals surface area contributed by atoms with Gasteiger partial charge < -0.3 is 10.5 Å². The number of nitrogens with two attached hydrogens (primary N) is 1. The Hall–Kier alpha value is -0.000000000000000111. The third-order valence-corrected chi connectivity index (χ3v) is 3.31. The van der Waals surface area contributed by atoms with E-state index in [4.69, 9.17) is 5.73 Å². The summed E-state index contributed by atoms with van der Waals surface area (Å²) in [6.45, 7) is 0. The van der Waals surface area contributed by atoms with Crippen LogP contribution in [0.1, 0.15) is 6.42 Å². The van der Waals surface area contributed by atoms with Crippen LogP contribution in [0.5, 0.6) is 0 Å². The van der Waals surface area contributed by atoms with Gasteiger partial charge in [-0.2, -0.15) is 0 Å². The first kappa shape index (κ1) is 9.09. The van der Waals surface area contributed by atoms with Gasteiger partial charge in [0.05, 0.1) is 7.11 Å². The lowest BCUT2D eigenvalue weighted by atomic mass is 10.2. The molecule has 0 saturated heterocycles. The van der Waals surface area contributed by atoms with Crippen molar-refractivity contribution in [2.45, 2.75) is 11.3 Å². The van der Waals surface area contributed by atoms with Crippen molar-refractivity contribution in [2.75, 3.05) is 7.11 Å². The fourth-order valence-corrected chi connectivity index (χ4v) is 2.54. The normalized spacial score (nSPS) is 29.9. The molecule has 1 heterocycles. The largest absolute Gasteiger partial charge is 0.467 e. The number of carbonyl (C=O) groups is 1. The molecule has 0 radical (unpaired) electrons. The molecule has 2 N–H and O–H groups in total. The number of esters is 1. The van der Waals surface area contributed by atoms with Gasteiger partial charge >= 0.3 is 5.97 Å². The Morgan fingerprint density at radius 3 is 3.00 bits per heavy atom. The van der Waals surface area contributed by atoms with Crippen molar-refractivity contribution >= 4 is 33.7 Å². The minimum Gasteiger partial charge on any atom is -0.467 e. The molecule has 0 aromatic heterocycles. The summed E-state index contributed by atoms with van der Waals surface area (Å²) in [6, 6.07) is 0. The predicted molar refractivity (Wildman–Crippen MR) is 48.2 cm³/mol. The van der Waals surface area contributed by atoms with Crippen molar-refractivity contribution in [1.29, 1.82) is 0 Å². The molecule has 0 aromatic rings. The lowest BCUT2D eigenvalue weighted by Crippen LogP contribution is -2.43. The Morgan fingerprint density at radius 2 is 2.64 bits per heavy atom. The first-order valence-electron chi connectivity index (χ1n) is 2.98. The van der Waals surface area contributed by atoms with Crippen molar-refractivity contribution in [1.82, 2.24) is 0 Å². The molecule has 62 valence electrons. The van der Waals surface area contributed by atoms with Gasteiger partial charge in [0, 0.05) is 10.9 Å². The van der Waals surface area contributed by atoms with Crippen LogP contribution in [-0.4, -0.2) is 18.0 Å². The number of methoxy groups -OCH3 is 1. The van der Waals surface area contributed by atoms with E-state index >= 15 is 0 Å². The number of thioether (sulfide) groups is 1. The van der Waals surface area contributed by atoms with Gasteiger partial charge in [0.15, 0.2) is 4.87 Å². The highest BCUT2D eigenvalue weighted by molar-refractivity contribution is 9.11. The highest BCUT2D eigenvalue weighted by Gasteiger charge is 2.39. The minimum atomic E-state index is -0.909. The lowest BCUT2D eigenvalue weighted by Gasteiger charge is -2.18. The van der Waals surface area contributed by atoms with E-state index in [1.165, 1.54) is 18.9 Å². The summed E-state index contributed by atoms with van der Waals surface area (Å²) in [6.07, 6.45) is 0.504. The van der Waals surface area contributed by atoms with Crippen molar-refractivity contribution in [3.8, 4) is 0 Å². The van der Waals surface area contributed by atoms with Crippen LogP contribution in [0.3, 0.4) is 0 Å². The Morgan fingerprint density at radius 1 is 2.00 bits per heavy atom. The van der Waals surface area contributed by atoms with Crippen molar-refractivity contribution < 1.29 is 9.53 Å². The van der Waals surface area contributed by atoms with Crippen LogP contribution in [0.2, 0.25) is 0 Å². The molecule has 0 aromatic carbocycles. The third kappa shape index (κ3) is 1.77. The maximum absolute atomic E-state index is 11.1. The number of halogens is 1. The van der Waals surface area contributed by atoms with Gasteiger partial charge in [-0.25, -0.2) is 4.79 Å². The molecule has 0 amide bonds. The molecule has 0 saturated carbocycles. The van der Waals surface area contributed by atoms with Gasteiger partial charge in [-0.1, -0.05) is 27.7 Å². The molecule has 1 atom stereocenters. The zero-order chi connectivity index (χ0) is 8.48. The first-order valence-corrected chi connectivity index (χ1v) is 4.65. The van der Waals surface area contributed by atoms with Gasteiger partial charge in [0.1, 0.15) is 0 Å². The van der Waals surface area contributed by atoms with Gasteiger partial charge in [-0.3, -0.25) is 0 Å². The lowest BCUT2D eigenvalue weighted by molar-refractivity contribution is -0.143. The summed E-state index contributed by atoms with van der Waals surface area (Å²) in [7, 11) is 1.34. The summed E-state index contributed by atoms with van der Waals surface area (Å²) in [5, 5.41) is 1.82. The van der Waals surface area contributed by atoms with Gasteiger partial charge in [-0.05, 0) is 5.41 Å². The van der Waals surface area contributed by atoms with Crippen LogP contribution in [0, 0.1) is 0 Å². The maximum Gasteiger partial charge on any atom is 0.337 e. The average molecular weight is 238 g/mol. The Bertz CT molecular complexity index is 219. The highest BCUT2D eigenvalue weighted by atomic mass is 79.9.